The zero-order chi connectivity index (χ0) is 11.7. The van der Waals surface area contributed by atoms with Crippen LogP contribution in [0, 0.1) is 0 Å². The highest BCUT2D eigenvalue weighted by atomic mass is 16.4. The molecule has 0 aliphatic carbocycles. The quantitative estimate of drug-likeness (QED) is 0.637. The van der Waals surface area contributed by atoms with Gasteiger partial charge in [0.15, 0.2) is 0 Å². The summed E-state index contributed by atoms with van der Waals surface area (Å²) >= 11 is 0. The highest BCUT2D eigenvalue weighted by molar-refractivity contribution is 5.93. The van der Waals surface area contributed by atoms with E-state index in [9.17, 15) is 4.79 Å². The van der Waals surface area contributed by atoms with Gasteiger partial charge in [-0.2, -0.15) is 0 Å². The molecular weight excluding hydrogens is 214 g/mol. The van der Waals surface area contributed by atoms with Crippen LogP contribution in [0.4, 0.5) is 0 Å². The summed E-state index contributed by atoms with van der Waals surface area (Å²) < 4.78 is 4.91. The molecule has 0 fully saturated rings. The molecule has 3 nitrogen and oxygen atoms in total. The Labute approximate surface area is 97.4 Å². The monoisotopic (exact) mass is 223 g/mol. The van der Waals surface area contributed by atoms with Crippen LogP contribution in [0.15, 0.2) is 64.1 Å². The minimum atomic E-state index is -0.352. The van der Waals surface area contributed by atoms with E-state index >= 15 is 0 Å². The first-order chi connectivity index (χ1) is 8.36. The lowest BCUT2D eigenvalue weighted by Crippen LogP contribution is -2.01. The fourth-order valence-corrected chi connectivity index (χ4v) is 1.90. The third kappa shape index (κ3) is 1.61. The molecule has 82 valence electrons. The first kappa shape index (κ1) is 9.78. The van der Waals surface area contributed by atoms with Gasteiger partial charge in [-0.05, 0) is 23.3 Å². The summed E-state index contributed by atoms with van der Waals surface area (Å²) in [5.74, 6) is 0. The topological polar surface area (TPSA) is 43.1 Å². The van der Waals surface area contributed by atoms with Crippen LogP contribution in [0.2, 0.25) is 0 Å². The normalized spacial score (nSPS) is 10.6. The predicted molar refractivity (Wildman–Crippen MR) is 65.7 cm³/mol. The molecule has 3 rings (SSSR count). The van der Waals surface area contributed by atoms with E-state index in [0.717, 1.165) is 11.1 Å². The molecule has 0 N–H and O–H groups in total. The van der Waals surface area contributed by atoms with E-state index < -0.39 is 0 Å². The number of pyridine rings is 1. The molecule has 0 spiro atoms. The average Bonchev–Trinajstić information content (AvgIpc) is 2.39. The largest absolute Gasteiger partial charge is 0.431 e. The van der Waals surface area contributed by atoms with Crippen LogP contribution in [-0.2, 0) is 0 Å². The Kier molecular flexibility index (Phi) is 2.22. The maximum atomic E-state index is 11.8. The Morgan fingerprint density at radius 2 is 1.82 bits per heavy atom. The zero-order valence-corrected chi connectivity index (χ0v) is 8.96. The second-order valence-corrected chi connectivity index (χ2v) is 3.69. The number of fused-ring (bicyclic) bond motifs is 1. The third-order valence-corrected chi connectivity index (χ3v) is 2.67. The fraction of sp³-hybridized carbons (Fsp3) is 0. The lowest BCUT2D eigenvalue weighted by atomic mass is 10.0. The molecular formula is C14H9NO2. The van der Waals surface area contributed by atoms with Crippen molar-refractivity contribution in [2.24, 2.45) is 0 Å². The van der Waals surface area contributed by atoms with Gasteiger partial charge in [-0.3, -0.25) is 4.98 Å². The van der Waals surface area contributed by atoms with E-state index in [1.165, 1.54) is 6.26 Å². The lowest BCUT2D eigenvalue weighted by molar-refractivity contribution is 0.519. The maximum absolute atomic E-state index is 11.8. The molecule has 17 heavy (non-hydrogen) atoms. The van der Waals surface area contributed by atoms with Crippen molar-refractivity contribution in [2.45, 2.75) is 0 Å². The van der Waals surface area contributed by atoms with Gasteiger partial charge >= 0.3 is 5.63 Å². The zero-order valence-electron chi connectivity index (χ0n) is 8.96. The van der Waals surface area contributed by atoms with Crippen molar-refractivity contribution in [3.8, 4) is 11.1 Å². The first-order valence-electron chi connectivity index (χ1n) is 5.28. The Hall–Kier alpha value is -2.42. The van der Waals surface area contributed by atoms with E-state index in [1.54, 1.807) is 12.3 Å². The van der Waals surface area contributed by atoms with Crippen molar-refractivity contribution in [1.29, 1.82) is 0 Å². The van der Waals surface area contributed by atoms with E-state index in [2.05, 4.69) is 4.98 Å². The van der Waals surface area contributed by atoms with Crippen LogP contribution in [0.5, 0.6) is 0 Å². The second kappa shape index (κ2) is 3.87. The molecule has 3 aromatic rings. The van der Waals surface area contributed by atoms with Crippen LogP contribution < -0.4 is 5.63 Å². The van der Waals surface area contributed by atoms with Gasteiger partial charge in [-0.1, -0.05) is 30.3 Å². The van der Waals surface area contributed by atoms with E-state index in [1.807, 2.05) is 36.4 Å². The maximum Gasteiger partial charge on any atom is 0.345 e. The third-order valence-electron chi connectivity index (χ3n) is 2.67. The Bertz CT molecular complexity index is 712. The summed E-state index contributed by atoms with van der Waals surface area (Å²) in [7, 11) is 0. The predicted octanol–water partition coefficient (Wildman–Crippen LogP) is 2.86. The van der Waals surface area contributed by atoms with Crippen molar-refractivity contribution in [1.82, 2.24) is 4.98 Å². The standard InChI is InChI=1S/C14H9NO2/c16-14-13-11(10-4-2-1-3-5-10)6-8-15-12(13)7-9-17-14/h1-9H. The minimum absolute atomic E-state index is 0.352. The van der Waals surface area contributed by atoms with Gasteiger partial charge in [-0.15, -0.1) is 0 Å². The van der Waals surface area contributed by atoms with Crippen molar-refractivity contribution in [3.63, 3.8) is 0 Å². The van der Waals surface area contributed by atoms with Crippen molar-refractivity contribution >= 4 is 10.9 Å². The number of aromatic nitrogens is 1. The summed E-state index contributed by atoms with van der Waals surface area (Å²) in [6.07, 6.45) is 3.07. The summed E-state index contributed by atoms with van der Waals surface area (Å²) in [4.78, 5) is 15.9. The lowest BCUT2D eigenvalue weighted by Gasteiger charge is -2.03. The van der Waals surface area contributed by atoms with Crippen LogP contribution >= 0.6 is 0 Å². The first-order valence-corrected chi connectivity index (χ1v) is 5.28. The Morgan fingerprint density at radius 3 is 2.65 bits per heavy atom. The Morgan fingerprint density at radius 1 is 1.00 bits per heavy atom. The smallest absolute Gasteiger partial charge is 0.345 e. The molecule has 2 aromatic heterocycles. The van der Waals surface area contributed by atoms with E-state index in [-0.39, 0.29) is 5.63 Å². The van der Waals surface area contributed by atoms with E-state index in [4.69, 9.17) is 4.42 Å². The molecule has 0 saturated carbocycles. The van der Waals surface area contributed by atoms with Crippen molar-refractivity contribution in [3.05, 3.63) is 65.3 Å². The molecule has 0 saturated heterocycles. The summed E-state index contributed by atoms with van der Waals surface area (Å²) in [5, 5.41) is 0.529. The average molecular weight is 223 g/mol. The fourth-order valence-electron chi connectivity index (χ4n) is 1.90. The summed E-state index contributed by atoms with van der Waals surface area (Å²) in [6, 6.07) is 13.3. The number of rotatable bonds is 1. The summed E-state index contributed by atoms with van der Waals surface area (Å²) in [6.45, 7) is 0. The van der Waals surface area contributed by atoms with Gasteiger partial charge in [0.2, 0.25) is 0 Å². The number of nitrogens with zero attached hydrogens (tertiary/aromatic N) is 1. The van der Waals surface area contributed by atoms with Crippen LogP contribution in [0.3, 0.4) is 0 Å². The van der Waals surface area contributed by atoms with Crippen molar-refractivity contribution < 1.29 is 4.42 Å². The van der Waals surface area contributed by atoms with Crippen molar-refractivity contribution in [2.75, 3.05) is 0 Å². The molecule has 0 aliphatic rings. The summed E-state index contributed by atoms with van der Waals surface area (Å²) in [5.41, 5.74) is 2.14. The highest BCUT2D eigenvalue weighted by Crippen LogP contribution is 2.24. The van der Waals surface area contributed by atoms with Gasteiger partial charge < -0.3 is 4.42 Å². The molecule has 3 heteroatoms. The van der Waals surface area contributed by atoms with Gasteiger partial charge in [0, 0.05) is 6.20 Å². The van der Waals surface area contributed by atoms with Crippen LogP contribution in [0.1, 0.15) is 0 Å². The molecule has 0 aliphatic heterocycles. The molecule has 0 bridgehead atoms. The second-order valence-electron chi connectivity index (χ2n) is 3.69. The number of hydrogen-bond acceptors (Lipinski definition) is 3. The molecule has 2 heterocycles. The van der Waals surface area contributed by atoms with Crippen LogP contribution in [0.25, 0.3) is 22.0 Å². The van der Waals surface area contributed by atoms with Gasteiger partial charge in [-0.25, -0.2) is 4.79 Å². The Balaban J connectivity index is 2.42. The molecule has 1 aromatic carbocycles. The SMILES string of the molecule is O=c1occc2nccc(-c3ccccc3)c12. The number of hydrogen-bond donors (Lipinski definition) is 0. The van der Waals surface area contributed by atoms with Gasteiger partial charge in [0.05, 0.1) is 17.2 Å². The molecule has 0 radical (unpaired) electrons. The van der Waals surface area contributed by atoms with Gasteiger partial charge in [0.1, 0.15) is 0 Å². The number of benzene rings is 1. The molecule has 0 unspecified atom stereocenters. The highest BCUT2D eigenvalue weighted by Gasteiger charge is 2.08. The molecule has 0 atom stereocenters. The minimum Gasteiger partial charge on any atom is -0.431 e. The van der Waals surface area contributed by atoms with E-state index in [0.29, 0.717) is 10.9 Å². The van der Waals surface area contributed by atoms with Crippen LogP contribution in [-0.4, -0.2) is 4.98 Å². The van der Waals surface area contributed by atoms with Gasteiger partial charge in [0.25, 0.3) is 0 Å². The molecule has 0 amide bonds.